The molecule has 1 fully saturated rings. The highest BCUT2D eigenvalue weighted by Crippen LogP contribution is 2.31. The lowest BCUT2D eigenvalue weighted by molar-refractivity contribution is 0.0730. The van der Waals surface area contributed by atoms with E-state index in [9.17, 15) is 13.2 Å². The molecule has 2 heterocycles. The molecule has 1 amide bonds. The number of ether oxygens (including phenoxy) is 2. The first-order valence-corrected chi connectivity index (χ1v) is 12.3. The Kier molecular flexibility index (Phi) is 6.96. The van der Waals surface area contributed by atoms with Gasteiger partial charge < -0.3 is 19.3 Å². The van der Waals surface area contributed by atoms with Crippen molar-refractivity contribution in [1.82, 2.24) is 14.4 Å². The van der Waals surface area contributed by atoms with Gasteiger partial charge in [0.05, 0.1) is 29.9 Å². The maximum absolute atomic E-state index is 13.1. The zero-order chi connectivity index (χ0) is 24.3. The molecule has 4 rings (SSSR count). The highest BCUT2D eigenvalue weighted by molar-refractivity contribution is 7.89. The number of sulfonamides is 1. The van der Waals surface area contributed by atoms with Crippen LogP contribution in [0.25, 0.3) is 11.5 Å². The SMILES string of the molecule is Cc1noc(-c2ccc(C(=O)Nc3cc(S(=O)(=O)N4CCOCC4)ccc3OC(C)C)cc2)n1. The van der Waals surface area contributed by atoms with E-state index in [1.807, 2.05) is 13.8 Å². The molecule has 180 valence electrons. The Morgan fingerprint density at radius 2 is 1.82 bits per heavy atom. The molecule has 1 aromatic heterocycles. The Morgan fingerprint density at radius 3 is 2.44 bits per heavy atom. The second-order valence-electron chi connectivity index (χ2n) is 8.02. The molecule has 1 N–H and O–H groups in total. The minimum absolute atomic E-state index is 0.0721. The van der Waals surface area contributed by atoms with Crippen molar-refractivity contribution in [1.29, 1.82) is 0 Å². The van der Waals surface area contributed by atoms with Gasteiger partial charge in [-0.25, -0.2) is 8.42 Å². The van der Waals surface area contributed by atoms with Gasteiger partial charge in [0.15, 0.2) is 5.82 Å². The van der Waals surface area contributed by atoms with Crippen molar-refractivity contribution in [3.8, 4) is 17.2 Å². The number of benzene rings is 2. The fraction of sp³-hybridized carbons (Fsp3) is 0.348. The van der Waals surface area contributed by atoms with Crippen LogP contribution in [0.1, 0.15) is 30.0 Å². The molecule has 0 unspecified atom stereocenters. The lowest BCUT2D eigenvalue weighted by Gasteiger charge is -2.26. The molecule has 3 aromatic rings. The van der Waals surface area contributed by atoms with Gasteiger partial charge in [-0.2, -0.15) is 9.29 Å². The number of nitrogens with one attached hydrogen (secondary N) is 1. The highest BCUT2D eigenvalue weighted by Gasteiger charge is 2.27. The van der Waals surface area contributed by atoms with Crippen molar-refractivity contribution >= 4 is 21.6 Å². The van der Waals surface area contributed by atoms with Crippen molar-refractivity contribution in [2.75, 3.05) is 31.6 Å². The quantitative estimate of drug-likeness (QED) is 0.540. The largest absolute Gasteiger partial charge is 0.489 e. The van der Waals surface area contributed by atoms with Crippen molar-refractivity contribution in [3.63, 3.8) is 0 Å². The second-order valence-corrected chi connectivity index (χ2v) is 9.96. The second kappa shape index (κ2) is 9.92. The summed E-state index contributed by atoms with van der Waals surface area (Å²) in [4.78, 5) is 17.2. The van der Waals surface area contributed by atoms with E-state index >= 15 is 0 Å². The number of aromatic nitrogens is 2. The van der Waals surface area contributed by atoms with Gasteiger partial charge in [-0.05, 0) is 63.2 Å². The van der Waals surface area contributed by atoms with Crippen LogP contribution in [-0.4, -0.2) is 61.2 Å². The van der Waals surface area contributed by atoms with Crippen LogP contribution >= 0.6 is 0 Å². The number of nitrogens with zero attached hydrogens (tertiary/aromatic N) is 3. The molecule has 1 aliphatic heterocycles. The van der Waals surface area contributed by atoms with E-state index in [1.54, 1.807) is 37.3 Å². The van der Waals surface area contributed by atoms with Crippen LogP contribution in [-0.2, 0) is 14.8 Å². The van der Waals surface area contributed by atoms with Gasteiger partial charge in [-0.15, -0.1) is 0 Å². The first kappa shape index (κ1) is 23.9. The van der Waals surface area contributed by atoms with E-state index in [0.29, 0.717) is 41.8 Å². The van der Waals surface area contributed by atoms with E-state index in [-0.39, 0.29) is 29.8 Å². The van der Waals surface area contributed by atoms with Crippen molar-refractivity contribution in [2.45, 2.75) is 31.8 Å². The Bertz CT molecular complexity index is 1260. The van der Waals surface area contributed by atoms with Crippen molar-refractivity contribution < 1.29 is 27.2 Å². The van der Waals surface area contributed by atoms with Gasteiger partial charge >= 0.3 is 0 Å². The molecule has 0 bridgehead atoms. The molecule has 10 nitrogen and oxygen atoms in total. The minimum atomic E-state index is -3.74. The number of carbonyl (C=O) groups is 1. The third kappa shape index (κ3) is 5.27. The molecule has 2 aromatic carbocycles. The Labute approximate surface area is 197 Å². The number of rotatable bonds is 7. The third-order valence-corrected chi connectivity index (χ3v) is 6.99. The Hall–Kier alpha value is -3.28. The minimum Gasteiger partial charge on any atom is -0.489 e. The first-order valence-electron chi connectivity index (χ1n) is 10.8. The molecule has 1 aliphatic rings. The van der Waals surface area contributed by atoms with Crippen LogP contribution in [0.15, 0.2) is 51.9 Å². The van der Waals surface area contributed by atoms with E-state index in [0.717, 1.165) is 0 Å². The molecule has 0 saturated carbocycles. The summed E-state index contributed by atoms with van der Waals surface area (Å²) in [6.07, 6.45) is -0.172. The molecule has 34 heavy (non-hydrogen) atoms. The summed E-state index contributed by atoms with van der Waals surface area (Å²) in [5.41, 5.74) is 1.32. The zero-order valence-electron chi connectivity index (χ0n) is 19.1. The topological polar surface area (TPSA) is 124 Å². The number of morpholine rings is 1. The summed E-state index contributed by atoms with van der Waals surface area (Å²) in [6.45, 7) is 6.66. The Balaban J connectivity index is 1.60. The number of amides is 1. The predicted molar refractivity (Wildman–Crippen MR) is 124 cm³/mol. The monoisotopic (exact) mass is 486 g/mol. The number of anilines is 1. The third-order valence-electron chi connectivity index (χ3n) is 5.09. The molecular weight excluding hydrogens is 460 g/mol. The number of hydrogen-bond acceptors (Lipinski definition) is 8. The maximum atomic E-state index is 13.1. The number of hydrogen-bond donors (Lipinski definition) is 1. The van der Waals surface area contributed by atoms with Gasteiger partial charge in [0.2, 0.25) is 10.0 Å². The summed E-state index contributed by atoms with van der Waals surface area (Å²) in [5.74, 6) is 0.838. The van der Waals surface area contributed by atoms with Crippen molar-refractivity contribution in [3.05, 3.63) is 53.9 Å². The summed E-state index contributed by atoms with van der Waals surface area (Å²) < 4.78 is 43.8. The molecule has 0 aliphatic carbocycles. The van der Waals surface area contributed by atoms with Gasteiger partial charge in [-0.1, -0.05) is 5.16 Å². The fourth-order valence-corrected chi connectivity index (χ4v) is 4.87. The number of carbonyl (C=O) groups excluding carboxylic acids is 1. The zero-order valence-corrected chi connectivity index (χ0v) is 20.0. The highest BCUT2D eigenvalue weighted by atomic mass is 32.2. The predicted octanol–water partition coefficient (Wildman–Crippen LogP) is 3.11. The Morgan fingerprint density at radius 1 is 1.12 bits per heavy atom. The van der Waals surface area contributed by atoms with Crippen LogP contribution in [0, 0.1) is 6.92 Å². The molecule has 0 radical (unpaired) electrons. The van der Waals surface area contributed by atoms with Gasteiger partial charge in [0, 0.05) is 24.2 Å². The summed E-state index contributed by atoms with van der Waals surface area (Å²) in [5, 5.41) is 6.55. The van der Waals surface area contributed by atoms with E-state index in [4.69, 9.17) is 14.0 Å². The van der Waals surface area contributed by atoms with Gasteiger partial charge in [0.1, 0.15) is 5.75 Å². The van der Waals surface area contributed by atoms with Crippen molar-refractivity contribution in [2.24, 2.45) is 0 Å². The van der Waals surface area contributed by atoms with E-state index in [1.165, 1.54) is 16.4 Å². The molecule has 0 spiro atoms. The summed E-state index contributed by atoms with van der Waals surface area (Å²) >= 11 is 0. The lowest BCUT2D eigenvalue weighted by Crippen LogP contribution is -2.40. The number of aryl methyl sites for hydroxylation is 1. The standard InChI is InChI=1S/C23H26N4O6S/c1-15(2)32-21-9-8-19(34(29,30)27-10-12-31-13-11-27)14-20(21)25-22(28)17-4-6-18(7-5-17)23-24-16(3)26-33-23/h4-9,14-15H,10-13H2,1-3H3,(H,25,28). The smallest absolute Gasteiger partial charge is 0.257 e. The van der Waals surface area contributed by atoms with E-state index in [2.05, 4.69) is 15.5 Å². The van der Waals surface area contributed by atoms with Gasteiger partial charge in [0.25, 0.3) is 11.8 Å². The average molecular weight is 487 g/mol. The normalized spacial score (nSPS) is 14.8. The molecule has 0 atom stereocenters. The molecular formula is C23H26N4O6S. The van der Waals surface area contributed by atoms with Crippen LogP contribution in [0.4, 0.5) is 5.69 Å². The van der Waals surface area contributed by atoms with Gasteiger partial charge in [-0.3, -0.25) is 4.79 Å². The molecule has 11 heteroatoms. The van der Waals surface area contributed by atoms with E-state index < -0.39 is 15.9 Å². The summed E-state index contributed by atoms with van der Waals surface area (Å²) in [7, 11) is -3.74. The average Bonchev–Trinajstić information content (AvgIpc) is 3.26. The summed E-state index contributed by atoms with van der Waals surface area (Å²) in [6, 6.07) is 11.1. The van der Waals surface area contributed by atoms with Crippen LogP contribution in [0.2, 0.25) is 0 Å². The van der Waals surface area contributed by atoms with Crippen LogP contribution in [0.3, 0.4) is 0 Å². The van der Waals surface area contributed by atoms with Crippen LogP contribution in [0.5, 0.6) is 5.75 Å². The lowest BCUT2D eigenvalue weighted by atomic mass is 10.1. The fourth-order valence-electron chi connectivity index (χ4n) is 3.43. The first-order chi connectivity index (χ1) is 16.2. The molecule has 1 saturated heterocycles. The van der Waals surface area contributed by atoms with Crippen LogP contribution < -0.4 is 10.1 Å². The maximum Gasteiger partial charge on any atom is 0.257 e.